The molecule has 19 heavy (non-hydrogen) atoms. The number of aromatic hydroxyl groups is 1. The molecular weight excluding hydrogens is 248 g/mol. The van der Waals surface area contributed by atoms with Crippen molar-refractivity contribution in [3.05, 3.63) is 29.3 Å². The Morgan fingerprint density at radius 3 is 2.11 bits per heavy atom. The highest BCUT2D eigenvalue weighted by Crippen LogP contribution is 2.31. The van der Waals surface area contributed by atoms with E-state index >= 15 is 0 Å². The van der Waals surface area contributed by atoms with E-state index in [1.165, 1.54) is 12.1 Å². The molecule has 0 heterocycles. The highest BCUT2D eigenvalue weighted by atomic mass is 19.3. The fourth-order valence-corrected chi connectivity index (χ4v) is 1.71. The molecule has 0 spiro atoms. The zero-order valence-electron chi connectivity index (χ0n) is 12.5. The molecular formula is C15H23F2NO. The zero-order chi connectivity index (χ0) is 15.2. The summed E-state index contributed by atoms with van der Waals surface area (Å²) < 4.78 is 26.1. The molecule has 4 heteroatoms. The standard InChI is InChI=1S/C13H17F2NO.C2H6/c1-8(2)12(16-4)10-6-5-9(7-11(10)17)13(3,14)15;1-2/h5-8,17H,1-4H3;1-2H3. The third-order valence-electron chi connectivity index (χ3n) is 2.57. The Balaban J connectivity index is 0.00000154. The van der Waals surface area contributed by atoms with Crippen LogP contribution >= 0.6 is 0 Å². The molecule has 1 N–H and O–H groups in total. The topological polar surface area (TPSA) is 32.6 Å². The molecule has 0 unspecified atom stereocenters. The van der Waals surface area contributed by atoms with Gasteiger partial charge in [0.25, 0.3) is 5.92 Å². The Bertz CT molecular complexity index is 434. The first kappa shape index (κ1) is 17.6. The minimum Gasteiger partial charge on any atom is -0.507 e. The minimum absolute atomic E-state index is 0.124. The largest absolute Gasteiger partial charge is 0.507 e. The van der Waals surface area contributed by atoms with Crippen LogP contribution in [0.5, 0.6) is 5.75 Å². The summed E-state index contributed by atoms with van der Waals surface area (Å²) in [4.78, 5) is 4.08. The number of rotatable bonds is 3. The van der Waals surface area contributed by atoms with Gasteiger partial charge in [0.05, 0.1) is 0 Å². The third-order valence-corrected chi connectivity index (χ3v) is 2.57. The summed E-state index contributed by atoms with van der Waals surface area (Å²) in [5.74, 6) is -2.98. The predicted molar refractivity (Wildman–Crippen MR) is 76.3 cm³/mol. The van der Waals surface area contributed by atoms with Crippen molar-refractivity contribution >= 4 is 5.71 Å². The Hall–Kier alpha value is -1.45. The van der Waals surface area contributed by atoms with Crippen molar-refractivity contribution in [1.29, 1.82) is 0 Å². The normalized spacial score (nSPS) is 12.2. The Morgan fingerprint density at radius 2 is 1.79 bits per heavy atom. The van der Waals surface area contributed by atoms with Crippen molar-refractivity contribution in [2.75, 3.05) is 7.05 Å². The summed E-state index contributed by atoms with van der Waals surface area (Å²) in [6, 6.07) is 3.91. The average Bonchev–Trinajstić information content (AvgIpc) is 2.33. The number of phenolic OH excluding ortho intramolecular Hbond substituents is 1. The van der Waals surface area contributed by atoms with Gasteiger partial charge in [0, 0.05) is 30.8 Å². The van der Waals surface area contributed by atoms with E-state index < -0.39 is 5.92 Å². The van der Waals surface area contributed by atoms with Gasteiger partial charge in [-0.05, 0) is 18.1 Å². The van der Waals surface area contributed by atoms with Gasteiger partial charge in [-0.15, -0.1) is 0 Å². The smallest absolute Gasteiger partial charge is 0.270 e. The third kappa shape index (κ3) is 4.62. The van der Waals surface area contributed by atoms with Crippen LogP contribution in [0.4, 0.5) is 8.78 Å². The lowest BCUT2D eigenvalue weighted by molar-refractivity contribution is 0.0172. The molecule has 0 amide bonds. The number of nitrogens with zero attached hydrogens (tertiary/aromatic N) is 1. The molecule has 108 valence electrons. The molecule has 0 aromatic heterocycles. The Morgan fingerprint density at radius 1 is 1.26 bits per heavy atom. The van der Waals surface area contributed by atoms with E-state index in [4.69, 9.17) is 0 Å². The fourth-order valence-electron chi connectivity index (χ4n) is 1.71. The van der Waals surface area contributed by atoms with Crippen LogP contribution in [-0.4, -0.2) is 17.9 Å². The van der Waals surface area contributed by atoms with Gasteiger partial charge in [0.2, 0.25) is 0 Å². The van der Waals surface area contributed by atoms with Crippen molar-refractivity contribution < 1.29 is 13.9 Å². The summed E-state index contributed by atoms with van der Waals surface area (Å²) >= 11 is 0. The quantitative estimate of drug-likeness (QED) is 0.800. The molecule has 0 aliphatic rings. The molecule has 0 radical (unpaired) electrons. The molecule has 1 aromatic rings. The monoisotopic (exact) mass is 271 g/mol. The van der Waals surface area contributed by atoms with Crippen LogP contribution in [-0.2, 0) is 5.92 Å². The van der Waals surface area contributed by atoms with Crippen LogP contribution in [0.3, 0.4) is 0 Å². The number of phenols is 1. The maximum Gasteiger partial charge on any atom is 0.270 e. The van der Waals surface area contributed by atoms with Crippen molar-refractivity contribution in [1.82, 2.24) is 0 Å². The van der Waals surface area contributed by atoms with E-state index in [-0.39, 0.29) is 17.2 Å². The highest BCUT2D eigenvalue weighted by molar-refractivity contribution is 6.04. The summed E-state index contributed by atoms with van der Waals surface area (Å²) in [5.41, 5.74) is 1.02. The van der Waals surface area contributed by atoms with E-state index in [0.29, 0.717) is 11.3 Å². The van der Waals surface area contributed by atoms with Gasteiger partial charge < -0.3 is 5.11 Å². The van der Waals surface area contributed by atoms with Crippen LogP contribution in [0.2, 0.25) is 0 Å². The van der Waals surface area contributed by atoms with Crippen molar-refractivity contribution in [2.24, 2.45) is 10.9 Å². The molecule has 0 aliphatic carbocycles. The van der Waals surface area contributed by atoms with E-state index in [2.05, 4.69) is 4.99 Å². The second-order valence-electron chi connectivity index (χ2n) is 4.38. The lowest BCUT2D eigenvalue weighted by atomic mass is 9.96. The summed E-state index contributed by atoms with van der Waals surface area (Å²) in [6.07, 6.45) is 0. The molecule has 2 nitrogen and oxygen atoms in total. The summed E-state index contributed by atoms with van der Waals surface area (Å²) in [5, 5.41) is 9.79. The summed E-state index contributed by atoms with van der Waals surface area (Å²) in [6.45, 7) is 8.67. The van der Waals surface area contributed by atoms with Crippen LogP contribution < -0.4 is 0 Å². The molecule has 0 fully saturated rings. The molecule has 0 saturated carbocycles. The number of halogens is 2. The maximum absolute atomic E-state index is 13.1. The van der Waals surface area contributed by atoms with Gasteiger partial charge in [0.1, 0.15) is 5.75 Å². The van der Waals surface area contributed by atoms with E-state index in [0.717, 1.165) is 13.0 Å². The van der Waals surface area contributed by atoms with Crippen molar-refractivity contribution in [3.63, 3.8) is 0 Å². The lowest BCUT2D eigenvalue weighted by Gasteiger charge is -2.15. The van der Waals surface area contributed by atoms with Crippen molar-refractivity contribution in [3.8, 4) is 5.75 Å². The minimum atomic E-state index is -2.95. The number of hydrogen-bond acceptors (Lipinski definition) is 2. The number of benzene rings is 1. The van der Waals surface area contributed by atoms with Crippen LogP contribution in [0.15, 0.2) is 23.2 Å². The van der Waals surface area contributed by atoms with Gasteiger partial charge in [0.15, 0.2) is 0 Å². The molecule has 1 rings (SSSR count). The second-order valence-corrected chi connectivity index (χ2v) is 4.38. The number of hydrogen-bond donors (Lipinski definition) is 1. The van der Waals surface area contributed by atoms with Gasteiger partial charge >= 0.3 is 0 Å². The Kier molecular flexibility index (Phi) is 6.67. The first-order valence-corrected chi connectivity index (χ1v) is 6.45. The maximum atomic E-state index is 13.1. The summed E-state index contributed by atoms with van der Waals surface area (Å²) in [7, 11) is 1.62. The second kappa shape index (κ2) is 7.22. The van der Waals surface area contributed by atoms with Gasteiger partial charge in [-0.2, -0.15) is 0 Å². The van der Waals surface area contributed by atoms with Gasteiger partial charge in [-0.3, -0.25) is 4.99 Å². The van der Waals surface area contributed by atoms with E-state index in [1.807, 2.05) is 27.7 Å². The van der Waals surface area contributed by atoms with Crippen LogP contribution in [0.1, 0.15) is 45.7 Å². The number of aliphatic imine (C=N–C) groups is 1. The predicted octanol–water partition coefficient (Wildman–Crippen LogP) is 4.61. The Labute approximate surface area is 114 Å². The van der Waals surface area contributed by atoms with E-state index in [1.54, 1.807) is 7.05 Å². The van der Waals surface area contributed by atoms with Crippen molar-refractivity contribution in [2.45, 2.75) is 40.5 Å². The molecule has 0 atom stereocenters. The molecule has 1 aromatic carbocycles. The lowest BCUT2D eigenvalue weighted by Crippen LogP contribution is -2.11. The van der Waals surface area contributed by atoms with Gasteiger partial charge in [-0.1, -0.05) is 33.8 Å². The van der Waals surface area contributed by atoms with Crippen LogP contribution in [0, 0.1) is 5.92 Å². The number of alkyl halides is 2. The highest BCUT2D eigenvalue weighted by Gasteiger charge is 2.25. The molecule has 0 aliphatic heterocycles. The molecule has 0 saturated heterocycles. The van der Waals surface area contributed by atoms with Gasteiger partial charge in [-0.25, -0.2) is 8.78 Å². The first-order chi connectivity index (χ1) is 8.77. The first-order valence-electron chi connectivity index (χ1n) is 6.45. The fraction of sp³-hybridized carbons (Fsp3) is 0.533. The zero-order valence-corrected chi connectivity index (χ0v) is 12.5. The average molecular weight is 271 g/mol. The van der Waals surface area contributed by atoms with E-state index in [9.17, 15) is 13.9 Å². The molecule has 0 bridgehead atoms. The van der Waals surface area contributed by atoms with Crippen LogP contribution in [0.25, 0.3) is 0 Å². The SMILES string of the molecule is CC.CN=C(c1ccc(C(C)(F)F)cc1O)C(C)C.